The van der Waals surface area contributed by atoms with Crippen molar-refractivity contribution in [3.8, 4) is 0 Å². The molecule has 0 aliphatic carbocycles. The van der Waals surface area contributed by atoms with E-state index in [0.717, 1.165) is 26.2 Å². The number of allylic oxidation sites excluding steroid dienone is 1. The number of rotatable bonds is 0. The first kappa shape index (κ1) is 10.6. The lowest BCUT2D eigenvalue weighted by atomic mass is 10.3. The first-order chi connectivity index (χ1) is 6.99. The highest BCUT2D eigenvalue weighted by atomic mass is 32.2. The lowest BCUT2D eigenvalue weighted by molar-refractivity contribution is 0.217. The van der Waals surface area contributed by atoms with Crippen LogP contribution in [0.2, 0.25) is 0 Å². The molecule has 0 aromatic heterocycles. The van der Waals surface area contributed by atoms with Crippen LogP contribution in [0.1, 0.15) is 6.92 Å². The average Bonchev–Trinajstić information content (AvgIpc) is 2.41. The first-order valence-electron chi connectivity index (χ1n) is 4.94. The van der Waals surface area contributed by atoms with Gasteiger partial charge in [-0.25, -0.2) is 13.4 Å². The number of hydrogen-bond donors (Lipinski definition) is 0. The van der Waals surface area contributed by atoms with Crippen LogP contribution >= 0.6 is 0 Å². The van der Waals surface area contributed by atoms with Crippen molar-refractivity contribution in [1.82, 2.24) is 9.80 Å². The fraction of sp³-hybridized carbons (Fsp3) is 0.667. The summed E-state index contributed by atoms with van der Waals surface area (Å²) in [5, 5.41) is 1.47. The molecule has 2 heterocycles. The van der Waals surface area contributed by atoms with E-state index in [9.17, 15) is 8.42 Å². The largest absolute Gasteiger partial charge is 0.344 e. The van der Waals surface area contributed by atoms with Crippen LogP contribution in [-0.2, 0) is 9.84 Å². The molecule has 0 amide bonds. The normalized spacial score (nSPS) is 26.4. The Morgan fingerprint density at radius 2 is 1.87 bits per heavy atom. The highest BCUT2D eigenvalue weighted by Gasteiger charge is 2.30. The van der Waals surface area contributed by atoms with Gasteiger partial charge in [-0.3, -0.25) is 0 Å². The van der Waals surface area contributed by atoms with Gasteiger partial charge in [-0.15, -0.1) is 0 Å². The number of likely N-dealkylation sites (N-methyl/N-ethyl adjacent to an activating group) is 1. The van der Waals surface area contributed by atoms with Gasteiger partial charge in [0.1, 0.15) is 0 Å². The molecule has 0 aromatic rings. The summed E-state index contributed by atoms with van der Waals surface area (Å²) in [6, 6.07) is 0. The van der Waals surface area contributed by atoms with Gasteiger partial charge in [0, 0.05) is 26.2 Å². The molecule has 2 aliphatic heterocycles. The standard InChI is InChI=1S/C9H15N3O2S/c1-8-7-15(13,14)9(10-8)12-5-3-11(2)4-6-12/h7H,3-6H2,1-2H3. The van der Waals surface area contributed by atoms with Crippen LogP contribution in [0, 0.1) is 0 Å². The van der Waals surface area contributed by atoms with Crippen molar-refractivity contribution in [1.29, 1.82) is 0 Å². The average molecular weight is 229 g/mol. The lowest BCUT2D eigenvalue weighted by Gasteiger charge is -2.32. The Labute approximate surface area is 90.0 Å². The van der Waals surface area contributed by atoms with Crippen molar-refractivity contribution < 1.29 is 8.42 Å². The molecule has 1 fully saturated rings. The Kier molecular flexibility index (Phi) is 2.56. The molecule has 2 aliphatic rings. The summed E-state index contributed by atoms with van der Waals surface area (Å²) in [6.07, 6.45) is 0. The smallest absolute Gasteiger partial charge is 0.234 e. The highest BCUT2D eigenvalue weighted by molar-refractivity contribution is 8.09. The van der Waals surface area contributed by atoms with Crippen molar-refractivity contribution >= 4 is 15.0 Å². The first-order valence-corrected chi connectivity index (χ1v) is 6.49. The summed E-state index contributed by atoms with van der Waals surface area (Å²) in [5.74, 6) is 0. The number of amidine groups is 1. The predicted molar refractivity (Wildman–Crippen MR) is 59.2 cm³/mol. The molecule has 6 heteroatoms. The Morgan fingerprint density at radius 1 is 1.27 bits per heavy atom. The number of piperazine rings is 1. The van der Waals surface area contributed by atoms with Crippen molar-refractivity contribution in [3.63, 3.8) is 0 Å². The molecule has 0 unspecified atom stereocenters. The van der Waals surface area contributed by atoms with Crippen LogP contribution in [0.4, 0.5) is 0 Å². The zero-order valence-corrected chi connectivity index (χ0v) is 9.79. The van der Waals surface area contributed by atoms with Crippen molar-refractivity contribution in [2.45, 2.75) is 6.92 Å². The topological polar surface area (TPSA) is 53.0 Å². The van der Waals surface area contributed by atoms with E-state index in [1.54, 1.807) is 6.92 Å². The molecule has 15 heavy (non-hydrogen) atoms. The number of hydrogen-bond acceptors (Lipinski definition) is 5. The highest BCUT2D eigenvalue weighted by Crippen LogP contribution is 2.17. The van der Waals surface area contributed by atoms with E-state index in [-0.39, 0.29) is 5.17 Å². The van der Waals surface area contributed by atoms with Gasteiger partial charge in [0.05, 0.1) is 11.1 Å². The summed E-state index contributed by atoms with van der Waals surface area (Å²) < 4.78 is 23.4. The maximum Gasteiger partial charge on any atom is 0.234 e. The molecule has 0 N–H and O–H groups in total. The van der Waals surface area contributed by atoms with Crippen LogP contribution in [0.25, 0.3) is 0 Å². The van der Waals surface area contributed by atoms with Gasteiger partial charge in [-0.05, 0) is 14.0 Å². The molecule has 2 rings (SSSR count). The van der Waals surface area contributed by atoms with E-state index >= 15 is 0 Å². The Morgan fingerprint density at radius 3 is 2.33 bits per heavy atom. The summed E-state index contributed by atoms with van der Waals surface area (Å²) in [6.45, 7) is 4.94. The van der Waals surface area contributed by atoms with Crippen molar-refractivity contribution in [2.24, 2.45) is 4.99 Å². The fourth-order valence-corrected chi connectivity index (χ4v) is 3.19. The van der Waals surface area contributed by atoms with Crippen LogP contribution in [0.5, 0.6) is 0 Å². The van der Waals surface area contributed by atoms with E-state index in [4.69, 9.17) is 0 Å². The van der Waals surface area contributed by atoms with Crippen molar-refractivity contribution in [2.75, 3.05) is 33.2 Å². The van der Waals surface area contributed by atoms with Crippen LogP contribution in [-0.4, -0.2) is 56.6 Å². The van der Waals surface area contributed by atoms with Gasteiger partial charge in [0.15, 0.2) is 0 Å². The van der Waals surface area contributed by atoms with Crippen LogP contribution < -0.4 is 0 Å². The Hall–Kier alpha value is -0.880. The maximum absolute atomic E-state index is 11.7. The van der Waals surface area contributed by atoms with E-state index in [2.05, 4.69) is 9.89 Å². The summed E-state index contributed by atoms with van der Waals surface area (Å²) in [7, 11) is -1.22. The summed E-state index contributed by atoms with van der Waals surface area (Å²) >= 11 is 0. The van der Waals surface area contributed by atoms with Gasteiger partial charge in [0.2, 0.25) is 15.0 Å². The molecule has 0 spiro atoms. The summed E-state index contributed by atoms with van der Waals surface area (Å²) in [4.78, 5) is 8.12. The Bertz CT molecular complexity index is 417. The van der Waals surface area contributed by atoms with Gasteiger partial charge in [0.25, 0.3) is 0 Å². The second-order valence-corrected chi connectivity index (χ2v) is 5.68. The number of nitrogens with zero attached hydrogens (tertiary/aromatic N) is 3. The van der Waals surface area contributed by atoms with E-state index in [1.165, 1.54) is 5.41 Å². The van der Waals surface area contributed by atoms with Crippen molar-refractivity contribution in [3.05, 3.63) is 11.1 Å². The molecular weight excluding hydrogens is 214 g/mol. The van der Waals surface area contributed by atoms with Gasteiger partial charge in [-0.1, -0.05) is 0 Å². The van der Waals surface area contributed by atoms with Crippen LogP contribution in [0.15, 0.2) is 16.1 Å². The second kappa shape index (κ2) is 3.61. The molecule has 0 atom stereocenters. The SMILES string of the molecule is CC1=CS(=O)(=O)C(N2CCN(C)CC2)=N1. The predicted octanol–water partition coefficient (Wildman–Crippen LogP) is -0.120. The number of sulfone groups is 1. The monoisotopic (exact) mass is 229 g/mol. The molecule has 84 valence electrons. The van der Waals surface area contributed by atoms with Gasteiger partial charge in [-0.2, -0.15) is 0 Å². The molecule has 1 saturated heterocycles. The van der Waals surface area contributed by atoms with Gasteiger partial charge < -0.3 is 9.80 Å². The zero-order chi connectivity index (χ0) is 11.1. The molecule has 0 saturated carbocycles. The molecule has 0 radical (unpaired) electrons. The zero-order valence-electron chi connectivity index (χ0n) is 8.97. The Balaban J connectivity index is 2.17. The lowest BCUT2D eigenvalue weighted by Crippen LogP contribution is -2.48. The maximum atomic E-state index is 11.7. The minimum atomic E-state index is -3.26. The molecule has 0 aromatic carbocycles. The quantitative estimate of drug-likeness (QED) is 0.581. The minimum Gasteiger partial charge on any atom is -0.344 e. The molecule has 5 nitrogen and oxygen atoms in total. The molecular formula is C9H15N3O2S. The minimum absolute atomic E-state index is 0.230. The van der Waals surface area contributed by atoms with Crippen LogP contribution in [0.3, 0.4) is 0 Å². The summed E-state index contributed by atoms with van der Waals surface area (Å²) in [5.41, 5.74) is 0.573. The second-order valence-electron chi connectivity index (χ2n) is 3.99. The molecule has 0 bridgehead atoms. The fourth-order valence-electron chi connectivity index (χ4n) is 1.77. The van der Waals surface area contributed by atoms with E-state index in [0.29, 0.717) is 5.70 Å². The van der Waals surface area contributed by atoms with E-state index < -0.39 is 9.84 Å². The van der Waals surface area contributed by atoms with E-state index in [1.807, 2.05) is 11.9 Å². The third kappa shape index (κ3) is 2.05. The third-order valence-electron chi connectivity index (χ3n) is 2.63. The van der Waals surface area contributed by atoms with Gasteiger partial charge >= 0.3 is 0 Å². The third-order valence-corrected chi connectivity index (χ3v) is 4.14. The number of aliphatic imine (C=N–C) groups is 1.